The quantitative estimate of drug-likeness (QED) is 0.856. The molecular formula is C11H11ClF2N2. The van der Waals surface area contributed by atoms with Gasteiger partial charge in [0.25, 0.3) is 6.43 Å². The third kappa shape index (κ3) is 2.33. The molecule has 0 spiro atoms. The molecule has 86 valence electrons. The van der Waals surface area contributed by atoms with Gasteiger partial charge in [-0.1, -0.05) is 11.6 Å². The van der Waals surface area contributed by atoms with Crippen molar-refractivity contribution in [2.75, 3.05) is 0 Å². The van der Waals surface area contributed by atoms with Gasteiger partial charge in [-0.3, -0.25) is 0 Å². The van der Waals surface area contributed by atoms with Crippen molar-refractivity contribution in [3.05, 3.63) is 35.0 Å². The van der Waals surface area contributed by atoms with E-state index in [1.54, 1.807) is 18.2 Å². The minimum Gasteiger partial charge on any atom is -0.358 e. The first-order valence-electron chi connectivity index (χ1n) is 4.87. The highest BCUT2D eigenvalue weighted by Gasteiger charge is 2.16. The van der Waals surface area contributed by atoms with Crippen molar-refractivity contribution < 1.29 is 8.78 Å². The summed E-state index contributed by atoms with van der Waals surface area (Å²) in [6.45, 7) is 0. The predicted molar refractivity (Wildman–Crippen MR) is 61.0 cm³/mol. The lowest BCUT2D eigenvalue weighted by molar-refractivity contribution is 0.115. The Morgan fingerprint density at radius 2 is 2.06 bits per heavy atom. The molecule has 2 rings (SSSR count). The molecule has 1 aromatic heterocycles. The average Bonchev–Trinajstić information content (AvgIpc) is 2.58. The first kappa shape index (κ1) is 11.4. The zero-order chi connectivity index (χ0) is 11.7. The number of alkyl halides is 2. The molecule has 0 saturated carbocycles. The maximum atomic E-state index is 12.3. The van der Waals surface area contributed by atoms with Crippen LogP contribution in [0.15, 0.2) is 24.3 Å². The maximum Gasteiger partial charge on any atom is 0.253 e. The molecule has 0 bridgehead atoms. The van der Waals surface area contributed by atoms with E-state index in [0.29, 0.717) is 10.7 Å². The van der Waals surface area contributed by atoms with Gasteiger partial charge in [-0.2, -0.15) is 0 Å². The number of nitrogens with one attached hydrogen (secondary N) is 1. The van der Waals surface area contributed by atoms with Crippen molar-refractivity contribution in [3.63, 3.8) is 0 Å². The number of rotatable bonds is 3. The summed E-state index contributed by atoms with van der Waals surface area (Å²) in [6.07, 6.45) is -2.38. The van der Waals surface area contributed by atoms with Crippen LogP contribution in [0.2, 0.25) is 5.02 Å². The highest BCUT2D eigenvalue weighted by atomic mass is 35.5. The number of hydrogen-bond acceptors (Lipinski definition) is 1. The van der Waals surface area contributed by atoms with Crippen LogP contribution < -0.4 is 5.73 Å². The van der Waals surface area contributed by atoms with E-state index in [-0.39, 0.29) is 6.42 Å². The van der Waals surface area contributed by atoms with E-state index in [0.717, 1.165) is 10.9 Å². The Morgan fingerprint density at radius 1 is 1.31 bits per heavy atom. The largest absolute Gasteiger partial charge is 0.358 e. The summed E-state index contributed by atoms with van der Waals surface area (Å²) >= 11 is 5.83. The fourth-order valence-electron chi connectivity index (χ4n) is 1.62. The molecule has 1 heterocycles. The minimum atomic E-state index is -2.50. The fraction of sp³-hybridized carbons (Fsp3) is 0.273. The molecule has 0 aliphatic heterocycles. The van der Waals surface area contributed by atoms with E-state index in [9.17, 15) is 8.78 Å². The van der Waals surface area contributed by atoms with E-state index in [4.69, 9.17) is 17.3 Å². The van der Waals surface area contributed by atoms with Crippen LogP contribution in [0, 0.1) is 0 Å². The van der Waals surface area contributed by atoms with Crippen LogP contribution >= 0.6 is 11.6 Å². The molecule has 0 aliphatic carbocycles. The molecule has 0 aliphatic rings. The van der Waals surface area contributed by atoms with Crippen LogP contribution in [-0.4, -0.2) is 17.5 Å². The first-order valence-corrected chi connectivity index (χ1v) is 5.25. The Kier molecular flexibility index (Phi) is 3.12. The molecule has 2 nitrogen and oxygen atoms in total. The van der Waals surface area contributed by atoms with Crippen LogP contribution in [0.3, 0.4) is 0 Å². The van der Waals surface area contributed by atoms with Gasteiger partial charge in [-0.05, 0) is 24.3 Å². The van der Waals surface area contributed by atoms with Gasteiger partial charge in [0.05, 0.1) is 6.04 Å². The van der Waals surface area contributed by atoms with Crippen LogP contribution in [0.1, 0.15) is 5.69 Å². The molecule has 3 N–H and O–H groups in total. The molecule has 1 atom stereocenters. The minimum absolute atomic E-state index is 0.129. The summed E-state index contributed by atoms with van der Waals surface area (Å²) in [7, 11) is 0. The molecule has 16 heavy (non-hydrogen) atoms. The zero-order valence-corrected chi connectivity index (χ0v) is 9.14. The lowest BCUT2D eigenvalue weighted by Crippen LogP contribution is -2.30. The van der Waals surface area contributed by atoms with E-state index in [1.165, 1.54) is 0 Å². The van der Waals surface area contributed by atoms with E-state index >= 15 is 0 Å². The third-order valence-corrected chi connectivity index (χ3v) is 2.65. The van der Waals surface area contributed by atoms with Gasteiger partial charge >= 0.3 is 0 Å². The summed E-state index contributed by atoms with van der Waals surface area (Å²) in [5, 5.41) is 1.53. The second kappa shape index (κ2) is 4.39. The van der Waals surface area contributed by atoms with Crippen molar-refractivity contribution >= 4 is 22.5 Å². The molecule has 1 unspecified atom stereocenters. The lowest BCUT2D eigenvalue weighted by Gasteiger charge is -2.07. The van der Waals surface area contributed by atoms with Gasteiger partial charge in [0.1, 0.15) is 0 Å². The van der Waals surface area contributed by atoms with Gasteiger partial charge in [-0.15, -0.1) is 0 Å². The normalized spacial score (nSPS) is 13.6. The molecule has 0 saturated heterocycles. The number of benzene rings is 1. The predicted octanol–water partition coefficient (Wildman–Crippen LogP) is 2.96. The van der Waals surface area contributed by atoms with Crippen LogP contribution in [0.4, 0.5) is 8.78 Å². The zero-order valence-electron chi connectivity index (χ0n) is 8.38. The second-order valence-corrected chi connectivity index (χ2v) is 4.17. The van der Waals surface area contributed by atoms with Crippen LogP contribution in [0.5, 0.6) is 0 Å². The second-order valence-electron chi connectivity index (χ2n) is 3.73. The molecule has 0 radical (unpaired) electrons. The van der Waals surface area contributed by atoms with Crippen molar-refractivity contribution in [1.29, 1.82) is 0 Å². The molecule has 0 fully saturated rings. The van der Waals surface area contributed by atoms with Gasteiger partial charge in [0, 0.05) is 28.0 Å². The van der Waals surface area contributed by atoms with Gasteiger partial charge in [-0.25, -0.2) is 8.78 Å². The Hall–Kier alpha value is -1.13. The van der Waals surface area contributed by atoms with E-state index in [1.807, 2.05) is 6.07 Å². The van der Waals surface area contributed by atoms with Gasteiger partial charge in [0.15, 0.2) is 0 Å². The Morgan fingerprint density at radius 3 is 2.75 bits per heavy atom. The fourth-order valence-corrected chi connectivity index (χ4v) is 1.80. The summed E-state index contributed by atoms with van der Waals surface area (Å²) < 4.78 is 24.5. The number of aromatic nitrogens is 1. The molecule has 2 aromatic rings. The highest BCUT2D eigenvalue weighted by molar-refractivity contribution is 6.31. The highest BCUT2D eigenvalue weighted by Crippen LogP contribution is 2.21. The third-order valence-electron chi connectivity index (χ3n) is 2.42. The molecule has 5 heteroatoms. The maximum absolute atomic E-state index is 12.3. The van der Waals surface area contributed by atoms with E-state index < -0.39 is 12.5 Å². The average molecular weight is 245 g/mol. The Bertz CT molecular complexity index is 496. The summed E-state index contributed by atoms with van der Waals surface area (Å²) in [5.74, 6) is 0. The number of fused-ring (bicyclic) bond motifs is 1. The van der Waals surface area contributed by atoms with E-state index in [2.05, 4.69) is 4.98 Å². The molecule has 1 aromatic carbocycles. The van der Waals surface area contributed by atoms with Crippen molar-refractivity contribution in [1.82, 2.24) is 4.98 Å². The smallest absolute Gasteiger partial charge is 0.253 e. The van der Waals surface area contributed by atoms with Crippen molar-refractivity contribution in [2.45, 2.75) is 18.9 Å². The monoisotopic (exact) mass is 244 g/mol. The summed E-state index contributed by atoms with van der Waals surface area (Å²) in [5.41, 5.74) is 6.88. The SMILES string of the molecule is NC(Cc1cc2cc(Cl)ccc2[nH]1)C(F)F. The Labute approximate surface area is 96.4 Å². The Balaban J connectivity index is 2.26. The number of H-pyrrole nitrogens is 1. The van der Waals surface area contributed by atoms with Crippen LogP contribution in [-0.2, 0) is 6.42 Å². The number of halogens is 3. The summed E-state index contributed by atoms with van der Waals surface area (Å²) in [4.78, 5) is 3.04. The number of nitrogens with two attached hydrogens (primary N) is 1. The topological polar surface area (TPSA) is 41.8 Å². The van der Waals surface area contributed by atoms with Gasteiger partial charge < -0.3 is 10.7 Å². The lowest BCUT2D eigenvalue weighted by atomic mass is 10.1. The number of hydrogen-bond donors (Lipinski definition) is 2. The standard InChI is InChI=1S/C11H11ClF2N2/c12-7-1-2-10-6(3-7)4-8(16-10)5-9(15)11(13)14/h1-4,9,11,16H,5,15H2. The van der Waals surface area contributed by atoms with Crippen molar-refractivity contribution in [2.24, 2.45) is 5.73 Å². The van der Waals surface area contributed by atoms with Crippen molar-refractivity contribution in [3.8, 4) is 0 Å². The summed E-state index contributed by atoms with van der Waals surface area (Å²) in [6, 6.07) is 6.00. The first-order chi connectivity index (χ1) is 7.56. The van der Waals surface area contributed by atoms with Gasteiger partial charge in [0.2, 0.25) is 0 Å². The number of aromatic amines is 1. The van der Waals surface area contributed by atoms with Crippen LogP contribution in [0.25, 0.3) is 10.9 Å². The molecular weight excluding hydrogens is 234 g/mol. The molecule has 0 amide bonds.